The summed E-state index contributed by atoms with van der Waals surface area (Å²) in [5.74, 6) is -0.0367. The van der Waals surface area contributed by atoms with E-state index in [0.29, 0.717) is 42.9 Å². The molecule has 0 aliphatic rings. The van der Waals surface area contributed by atoms with Crippen molar-refractivity contribution in [2.75, 3.05) is 20.3 Å². The van der Waals surface area contributed by atoms with E-state index in [1.807, 2.05) is 6.92 Å². The topological polar surface area (TPSA) is 82.1 Å². The maximum Gasteiger partial charge on any atom is 0.302 e. The third kappa shape index (κ3) is 8.11. The minimum atomic E-state index is -0.390. The monoisotopic (exact) mass is 420 g/mol. The van der Waals surface area contributed by atoms with Crippen LogP contribution < -0.4 is 9.47 Å². The van der Waals surface area contributed by atoms with Crippen LogP contribution in [0.4, 0.5) is 4.39 Å². The number of hydrogen-bond donors (Lipinski definition) is 1. The van der Waals surface area contributed by atoms with Gasteiger partial charge in [0.25, 0.3) is 0 Å². The maximum atomic E-state index is 13.4. The lowest BCUT2D eigenvalue weighted by molar-refractivity contribution is -0.137. The predicted molar refractivity (Wildman–Crippen MR) is 112 cm³/mol. The summed E-state index contributed by atoms with van der Waals surface area (Å²) >= 11 is 0. The van der Waals surface area contributed by atoms with E-state index in [-0.39, 0.29) is 23.3 Å². The van der Waals surface area contributed by atoms with Crippen LogP contribution in [0.2, 0.25) is 0 Å². The van der Waals surface area contributed by atoms with Gasteiger partial charge in [0.2, 0.25) is 0 Å². The molecule has 0 saturated heterocycles. The van der Waals surface area contributed by atoms with E-state index in [9.17, 15) is 19.1 Å². The van der Waals surface area contributed by atoms with Gasteiger partial charge in [0.1, 0.15) is 11.5 Å². The molecule has 0 radical (unpaired) electrons. The molecule has 0 atom stereocenters. The highest BCUT2D eigenvalue weighted by Crippen LogP contribution is 2.33. The smallest absolute Gasteiger partial charge is 0.302 e. The lowest BCUT2D eigenvalue weighted by Gasteiger charge is -2.15. The Labute approximate surface area is 176 Å². The van der Waals surface area contributed by atoms with Crippen LogP contribution in [0.1, 0.15) is 49.5 Å². The Kier molecular flexibility index (Phi) is 11.0. The standard InChI is InChI=1S/C20H23FO4.C3H6O2/c1-3-7-16-18(11-10-15(14(2)22)20(16)23)24-12-6-13-25-19-9-5-4-8-17(19)21;1-3(4)5-2/h4-5,8-11,23H,3,6-7,12-13H2,1-2H3;1-2H3. The molecule has 2 aromatic rings. The summed E-state index contributed by atoms with van der Waals surface area (Å²) in [6.45, 7) is 5.46. The zero-order valence-electron chi connectivity index (χ0n) is 17.9. The van der Waals surface area contributed by atoms with Gasteiger partial charge in [-0.25, -0.2) is 4.39 Å². The second-order valence-corrected chi connectivity index (χ2v) is 6.42. The van der Waals surface area contributed by atoms with Gasteiger partial charge in [0.15, 0.2) is 17.3 Å². The highest BCUT2D eigenvalue weighted by molar-refractivity contribution is 5.97. The first-order valence-electron chi connectivity index (χ1n) is 9.72. The number of esters is 1. The third-order valence-corrected chi connectivity index (χ3v) is 4.05. The van der Waals surface area contributed by atoms with E-state index in [1.165, 1.54) is 27.0 Å². The number of hydrogen-bond acceptors (Lipinski definition) is 6. The molecule has 6 nitrogen and oxygen atoms in total. The number of ketones is 1. The molecule has 164 valence electrons. The first-order chi connectivity index (χ1) is 14.3. The minimum absolute atomic E-state index is 0.00513. The van der Waals surface area contributed by atoms with Gasteiger partial charge in [0.05, 0.1) is 25.9 Å². The Bertz CT molecular complexity index is 834. The van der Waals surface area contributed by atoms with Crippen LogP contribution in [-0.4, -0.2) is 37.2 Å². The first-order valence-corrected chi connectivity index (χ1v) is 9.72. The molecule has 0 fully saturated rings. The molecule has 1 N–H and O–H groups in total. The van der Waals surface area contributed by atoms with E-state index in [4.69, 9.17) is 9.47 Å². The Morgan fingerprint density at radius 1 is 1.00 bits per heavy atom. The lowest BCUT2D eigenvalue weighted by Crippen LogP contribution is -2.07. The van der Waals surface area contributed by atoms with Crippen LogP contribution in [0, 0.1) is 5.82 Å². The van der Waals surface area contributed by atoms with Gasteiger partial charge >= 0.3 is 5.97 Å². The number of benzene rings is 2. The Morgan fingerprint density at radius 2 is 1.60 bits per heavy atom. The molecule has 7 heteroatoms. The average Bonchev–Trinajstić information content (AvgIpc) is 2.71. The summed E-state index contributed by atoms with van der Waals surface area (Å²) in [6, 6.07) is 9.53. The molecular formula is C23H29FO6. The van der Waals surface area contributed by atoms with Gasteiger partial charge < -0.3 is 19.3 Å². The average molecular weight is 420 g/mol. The lowest BCUT2D eigenvalue weighted by atomic mass is 10.0. The second kappa shape index (κ2) is 13.2. The fourth-order valence-electron chi connectivity index (χ4n) is 2.51. The van der Waals surface area contributed by atoms with E-state index in [2.05, 4.69) is 4.74 Å². The molecule has 0 amide bonds. The molecule has 2 rings (SSSR count). The number of rotatable bonds is 9. The summed E-state index contributed by atoms with van der Waals surface area (Å²) in [7, 11) is 1.35. The Balaban J connectivity index is 0.000000804. The van der Waals surface area contributed by atoms with Crippen molar-refractivity contribution in [3.8, 4) is 17.2 Å². The summed E-state index contributed by atoms with van der Waals surface area (Å²) in [5.41, 5.74) is 0.948. The molecule has 0 spiro atoms. The first kappa shape index (κ1) is 24.9. The van der Waals surface area contributed by atoms with Crippen LogP contribution in [0.15, 0.2) is 36.4 Å². The van der Waals surface area contributed by atoms with Crippen LogP contribution >= 0.6 is 0 Å². The third-order valence-electron chi connectivity index (χ3n) is 4.05. The number of aromatic hydroxyl groups is 1. The zero-order chi connectivity index (χ0) is 22.5. The molecule has 0 aliphatic heterocycles. The summed E-state index contributed by atoms with van der Waals surface area (Å²) < 4.78 is 28.7. The molecule has 0 aromatic heterocycles. The largest absolute Gasteiger partial charge is 0.507 e. The molecule has 30 heavy (non-hydrogen) atoms. The second-order valence-electron chi connectivity index (χ2n) is 6.42. The van der Waals surface area contributed by atoms with Crippen molar-refractivity contribution in [2.45, 2.75) is 40.0 Å². The van der Waals surface area contributed by atoms with Crippen molar-refractivity contribution in [3.63, 3.8) is 0 Å². The SMILES string of the molecule is CCCc1c(OCCCOc2ccccc2F)ccc(C(C)=O)c1O.COC(C)=O. The van der Waals surface area contributed by atoms with Crippen molar-refractivity contribution in [3.05, 3.63) is 53.3 Å². The molecular weight excluding hydrogens is 391 g/mol. The van der Waals surface area contributed by atoms with Gasteiger partial charge in [-0.15, -0.1) is 0 Å². The number of carbonyl (C=O) groups excluding carboxylic acids is 2. The normalized spacial score (nSPS) is 9.90. The number of phenolic OH excluding ortho intramolecular Hbond substituents is 1. The van der Waals surface area contributed by atoms with E-state index >= 15 is 0 Å². The van der Waals surface area contributed by atoms with Crippen molar-refractivity contribution >= 4 is 11.8 Å². The van der Waals surface area contributed by atoms with Crippen LogP contribution in [0.3, 0.4) is 0 Å². The fraction of sp³-hybridized carbons (Fsp3) is 0.391. The van der Waals surface area contributed by atoms with Crippen molar-refractivity contribution < 1.29 is 33.3 Å². The Hall–Kier alpha value is -3.09. The fourth-order valence-corrected chi connectivity index (χ4v) is 2.51. The highest BCUT2D eigenvalue weighted by atomic mass is 19.1. The predicted octanol–water partition coefficient (Wildman–Crippen LogP) is 4.71. The van der Waals surface area contributed by atoms with Gasteiger partial charge in [-0.2, -0.15) is 0 Å². The molecule has 0 bridgehead atoms. The molecule has 0 aliphatic carbocycles. The van der Waals surface area contributed by atoms with Crippen molar-refractivity contribution in [2.24, 2.45) is 0 Å². The van der Waals surface area contributed by atoms with E-state index < -0.39 is 5.82 Å². The molecule has 0 saturated carbocycles. The van der Waals surface area contributed by atoms with E-state index in [0.717, 1.165) is 6.42 Å². The molecule has 0 heterocycles. The number of Topliss-reactive ketones (excluding diaryl/α,β-unsaturated/α-hetero) is 1. The van der Waals surface area contributed by atoms with Gasteiger partial charge in [-0.1, -0.05) is 25.5 Å². The summed E-state index contributed by atoms with van der Waals surface area (Å²) in [5, 5.41) is 10.3. The number of ether oxygens (including phenoxy) is 3. The quantitative estimate of drug-likeness (QED) is 0.359. The van der Waals surface area contributed by atoms with Crippen molar-refractivity contribution in [1.82, 2.24) is 0 Å². The van der Waals surface area contributed by atoms with Gasteiger partial charge in [0, 0.05) is 18.9 Å². The Morgan fingerprint density at radius 3 is 2.13 bits per heavy atom. The van der Waals surface area contributed by atoms with Gasteiger partial charge in [-0.05, 0) is 37.6 Å². The summed E-state index contributed by atoms with van der Waals surface area (Å²) in [4.78, 5) is 21.1. The van der Waals surface area contributed by atoms with Crippen LogP contribution in [0.25, 0.3) is 0 Å². The van der Waals surface area contributed by atoms with Gasteiger partial charge in [-0.3, -0.25) is 9.59 Å². The van der Waals surface area contributed by atoms with Crippen molar-refractivity contribution in [1.29, 1.82) is 0 Å². The number of carbonyl (C=O) groups is 2. The highest BCUT2D eigenvalue weighted by Gasteiger charge is 2.15. The van der Waals surface area contributed by atoms with E-state index in [1.54, 1.807) is 30.3 Å². The molecule has 2 aromatic carbocycles. The molecule has 0 unspecified atom stereocenters. The number of para-hydroxylation sites is 1. The maximum absolute atomic E-state index is 13.4. The number of methoxy groups -OCH3 is 1. The zero-order valence-corrected chi connectivity index (χ0v) is 17.9. The summed E-state index contributed by atoms with van der Waals surface area (Å²) in [6.07, 6.45) is 2.00. The van der Waals surface area contributed by atoms with Crippen LogP contribution in [-0.2, 0) is 16.0 Å². The number of halogens is 1. The van der Waals surface area contributed by atoms with Crippen LogP contribution in [0.5, 0.6) is 17.2 Å². The number of phenols is 1. The minimum Gasteiger partial charge on any atom is -0.507 e.